The summed E-state index contributed by atoms with van der Waals surface area (Å²) in [4.78, 5) is 0. The van der Waals surface area contributed by atoms with E-state index in [1.54, 1.807) is 7.11 Å². The minimum atomic E-state index is 0.141. The molecule has 0 saturated carbocycles. The molecule has 2 unspecified atom stereocenters. The van der Waals surface area contributed by atoms with Crippen LogP contribution in [-0.2, 0) is 4.74 Å². The lowest BCUT2D eigenvalue weighted by Gasteiger charge is -2.23. The number of methoxy groups -OCH3 is 1. The Labute approximate surface area is 68.8 Å². The maximum absolute atomic E-state index is 8.73. The Morgan fingerprint density at radius 1 is 1.36 bits per heavy atom. The molecule has 0 fully saturated rings. The van der Waals surface area contributed by atoms with Gasteiger partial charge < -0.3 is 15.2 Å². The van der Waals surface area contributed by atoms with Gasteiger partial charge in [0, 0.05) is 19.2 Å². The van der Waals surface area contributed by atoms with Crippen LogP contribution in [0.4, 0.5) is 0 Å². The van der Waals surface area contributed by atoms with Gasteiger partial charge in [-0.2, -0.15) is 0 Å². The van der Waals surface area contributed by atoms with Crippen molar-refractivity contribution in [2.45, 2.75) is 39.0 Å². The molecule has 0 bridgehead atoms. The van der Waals surface area contributed by atoms with Crippen molar-refractivity contribution in [2.75, 3.05) is 13.7 Å². The smallest absolute Gasteiger partial charge is 0.0693 e. The van der Waals surface area contributed by atoms with Crippen LogP contribution in [0.1, 0.15) is 20.8 Å². The van der Waals surface area contributed by atoms with Crippen molar-refractivity contribution in [3.8, 4) is 0 Å². The lowest BCUT2D eigenvalue weighted by atomic mass is 10.2. The van der Waals surface area contributed by atoms with Gasteiger partial charge in [-0.15, -0.1) is 0 Å². The lowest BCUT2D eigenvalue weighted by Crippen LogP contribution is -2.43. The molecule has 3 nitrogen and oxygen atoms in total. The number of rotatable bonds is 5. The zero-order chi connectivity index (χ0) is 8.85. The highest BCUT2D eigenvalue weighted by molar-refractivity contribution is 4.71. The molecule has 0 saturated heterocycles. The third-order valence-electron chi connectivity index (χ3n) is 1.90. The van der Waals surface area contributed by atoms with Gasteiger partial charge in [-0.25, -0.2) is 0 Å². The molecule has 0 amide bonds. The molecule has 0 rings (SSSR count). The van der Waals surface area contributed by atoms with E-state index in [0.717, 1.165) is 0 Å². The number of ether oxygens (including phenoxy) is 1. The first-order valence-corrected chi connectivity index (χ1v) is 4.01. The van der Waals surface area contributed by atoms with Crippen LogP contribution in [-0.4, -0.2) is 37.0 Å². The Balaban J connectivity index is 3.58. The fraction of sp³-hybridized carbons (Fsp3) is 1.00. The maximum atomic E-state index is 8.73. The van der Waals surface area contributed by atoms with Crippen molar-refractivity contribution in [3.05, 3.63) is 0 Å². The van der Waals surface area contributed by atoms with Crippen LogP contribution >= 0.6 is 0 Å². The van der Waals surface area contributed by atoms with Gasteiger partial charge in [0.05, 0.1) is 12.7 Å². The Hall–Kier alpha value is -0.120. The van der Waals surface area contributed by atoms with Gasteiger partial charge in [0.15, 0.2) is 0 Å². The molecule has 0 aromatic heterocycles. The Bertz CT molecular complexity index is 98.1. The zero-order valence-electron chi connectivity index (χ0n) is 7.79. The van der Waals surface area contributed by atoms with E-state index in [0.29, 0.717) is 0 Å². The molecule has 2 N–H and O–H groups in total. The molecule has 0 aromatic carbocycles. The lowest BCUT2D eigenvalue weighted by molar-refractivity contribution is 0.0811. The van der Waals surface area contributed by atoms with Crippen molar-refractivity contribution < 1.29 is 9.84 Å². The van der Waals surface area contributed by atoms with Gasteiger partial charge in [-0.1, -0.05) is 0 Å². The quantitative estimate of drug-likeness (QED) is 0.612. The number of aliphatic hydroxyl groups excluding tert-OH is 1. The van der Waals surface area contributed by atoms with Crippen LogP contribution in [0.25, 0.3) is 0 Å². The van der Waals surface area contributed by atoms with Crippen LogP contribution in [0.3, 0.4) is 0 Å². The summed E-state index contributed by atoms with van der Waals surface area (Å²) in [5, 5.41) is 11.9. The van der Waals surface area contributed by atoms with E-state index < -0.39 is 0 Å². The summed E-state index contributed by atoms with van der Waals surface area (Å²) in [5.74, 6) is 0. The van der Waals surface area contributed by atoms with Gasteiger partial charge in [-0.05, 0) is 20.8 Å². The Morgan fingerprint density at radius 3 is 2.27 bits per heavy atom. The fourth-order valence-corrected chi connectivity index (χ4v) is 0.841. The van der Waals surface area contributed by atoms with Crippen LogP contribution in [0.5, 0.6) is 0 Å². The normalized spacial score (nSPS) is 19.4. The van der Waals surface area contributed by atoms with E-state index in [1.165, 1.54) is 0 Å². The second-order valence-electron chi connectivity index (χ2n) is 2.98. The largest absolute Gasteiger partial charge is 0.395 e. The number of hydrogen-bond acceptors (Lipinski definition) is 3. The summed E-state index contributed by atoms with van der Waals surface area (Å²) in [6, 6.07) is 0.421. The molecule has 0 aliphatic rings. The third-order valence-corrected chi connectivity index (χ3v) is 1.90. The van der Waals surface area contributed by atoms with E-state index >= 15 is 0 Å². The number of hydrogen-bond donors (Lipinski definition) is 2. The van der Waals surface area contributed by atoms with Crippen molar-refractivity contribution in [1.29, 1.82) is 0 Å². The monoisotopic (exact) mass is 161 g/mol. The predicted octanol–water partition coefficient (Wildman–Crippen LogP) is 0.380. The molecular weight excluding hydrogens is 142 g/mol. The summed E-state index contributed by atoms with van der Waals surface area (Å²) in [6.45, 7) is 6.15. The Kier molecular flexibility index (Phi) is 5.46. The maximum Gasteiger partial charge on any atom is 0.0693 e. The molecule has 0 spiro atoms. The summed E-state index contributed by atoms with van der Waals surface area (Å²) >= 11 is 0. The van der Waals surface area contributed by atoms with Crippen LogP contribution in [0.15, 0.2) is 0 Å². The van der Waals surface area contributed by atoms with Crippen molar-refractivity contribution in [1.82, 2.24) is 5.32 Å². The van der Waals surface area contributed by atoms with Crippen molar-refractivity contribution in [2.24, 2.45) is 0 Å². The molecule has 0 aromatic rings. The number of aliphatic hydroxyl groups is 1. The minimum Gasteiger partial charge on any atom is -0.395 e. The highest BCUT2D eigenvalue weighted by Crippen LogP contribution is 1.97. The molecule has 0 aliphatic carbocycles. The molecule has 0 aliphatic heterocycles. The van der Waals surface area contributed by atoms with E-state index in [2.05, 4.69) is 5.32 Å². The van der Waals surface area contributed by atoms with Gasteiger partial charge in [0.1, 0.15) is 0 Å². The minimum absolute atomic E-state index is 0.141. The SMILES string of the molecule is COC(C)C(C)N[C@@H](C)CO. The van der Waals surface area contributed by atoms with E-state index in [-0.39, 0.29) is 24.8 Å². The highest BCUT2D eigenvalue weighted by atomic mass is 16.5. The molecule has 11 heavy (non-hydrogen) atoms. The fourth-order valence-electron chi connectivity index (χ4n) is 0.841. The summed E-state index contributed by atoms with van der Waals surface area (Å²) in [6.07, 6.45) is 0.184. The van der Waals surface area contributed by atoms with Crippen LogP contribution < -0.4 is 5.32 Å². The molecule has 0 heterocycles. The zero-order valence-corrected chi connectivity index (χ0v) is 7.79. The van der Waals surface area contributed by atoms with Gasteiger partial charge in [0.25, 0.3) is 0 Å². The molecule has 3 atom stereocenters. The second kappa shape index (κ2) is 5.52. The molecule has 3 heteroatoms. The van der Waals surface area contributed by atoms with E-state index in [9.17, 15) is 0 Å². The van der Waals surface area contributed by atoms with Crippen LogP contribution in [0, 0.1) is 0 Å². The Morgan fingerprint density at radius 2 is 1.91 bits per heavy atom. The molecule has 68 valence electrons. The van der Waals surface area contributed by atoms with Gasteiger partial charge in [0.2, 0.25) is 0 Å². The van der Waals surface area contributed by atoms with Gasteiger partial charge in [-0.3, -0.25) is 0 Å². The molecular formula is C8H19NO2. The average molecular weight is 161 g/mol. The summed E-state index contributed by atoms with van der Waals surface area (Å²) < 4.78 is 5.11. The first kappa shape index (κ1) is 10.9. The van der Waals surface area contributed by atoms with Crippen molar-refractivity contribution >= 4 is 0 Å². The predicted molar refractivity (Wildman–Crippen MR) is 45.6 cm³/mol. The second-order valence-corrected chi connectivity index (χ2v) is 2.98. The van der Waals surface area contributed by atoms with E-state index in [4.69, 9.17) is 9.84 Å². The highest BCUT2D eigenvalue weighted by Gasteiger charge is 2.12. The summed E-state index contributed by atoms with van der Waals surface area (Å²) in [7, 11) is 1.69. The number of nitrogens with one attached hydrogen (secondary N) is 1. The third kappa shape index (κ3) is 4.35. The van der Waals surface area contributed by atoms with Crippen LogP contribution in [0.2, 0.25) is 0 Å². The first-order chi connectivity index (χ1) is 5.11. The summed E-state index contributed by atoms with van der Waals surface area (Å²) in [5.41, 5.74) is 0. The average Bonchev–Trinajstić information content (AvgIpc) is 2.02. The molecule has 0 radical (unpaired) electrons. The topological polar surface area (TPSA) is 41.5 Å². The standard InChI is InChI=1S/C8H19NO2/c1-6(5-10)9-7(2)8(3)11-4/h6-10H,5H2,1-4H3/t6-,7?,8?/m0/s1. The first-order valence-electron chi connectivity index (χ1n) is 4.01. The van der Waals surface area contributed by atoms with Crippen molar-refractivity contribution in [3.63, 3.8) is 0 Å². The van der Waals surface area contributed by atoms with Gasteiger partial charge >= 0.3 is 0 Å². The van der Waals surface area contributed by atoms with E-state index in [1.807, 2.05) is 20.8 Å².